The average molecular weight is 372 g/mol. The van der Waals surface area contributed by atoms with Gasteiger partial charge in [-0.25, -0.2) is 8.42 Å². The van der Waals surface area contributed by atoms with Crippen molar-refractivity contribution in [1.29, 1.82) is 0 Å². The molecule has 2 saturated heterocycles. The van der Waals surface area contributed by atoms with E-state index in [4.69, 9.17) is 11.6 Å². The van der Waals surface area contributed by atoms with Gasteiger partial charge >= 0.3 is 0 Å². The number of benzene rings is 1. The normalized spacial score (nSPS) is 25.3. The first-order valence-electron chi connectivity index (χ1n) is 8.18. The van der Waals surface area contributed by atoms with E-state index in [-0.39, 0.29) is 10.8 Å². The van der Waals surface area contributed by atoms with E-state index in [0.29, 0.717) is 30.2 Å². The van der Waals surface area contributed by atoms with E-state index in [2.05, 4.69) is 10.0 Å². The number of carbonyl (C=O) groups is 1. The molecule has 2 aliphatic rings. The number of halogens is 1. The summed E-state index contributed by atoms with van der Waals surface area (Å²) in [6.45, 7) is 2.90. The second kappa shape index (κ2) is 7.00. The highest BCUT2D eigenvalue weighted by Gasteiger charge is 2.33. The maximum Gasteiger partial charge on any atom is 0.241 e. The third-order valence-electron chi connectivity index (χ3n) is 4.66. The Balaban J connectivity index is 1.66. The Morgan fingerprint density at radius 3 is 2.62 bits per heavy atom. The predicted molar refractivity (Wildman–Crippen MR) is 92.4 cm³/mol. The monoisotopic (exact) mass is 371 g/mol. The van der Waals surface area contributed by atoms with Gasteiger partial charge in [-0.05, 0) is 50.5 Å². The summed E-state index contributed by atoms with van der Waals surface area (Å²) in [4.78, 5) is 14.5. The van der Waals surface area contributed by atoms with Crippen molar-refractivity contribution >= 4 is 27.5 Å². The van der Waals surface area contributed by atoms with Crippen LogP contribution in [0.4, 0.5) is 0 Å². The van der Waals surface area contributed by atoms with Crippen LogP contribution in [0.3, 0.4) is 0 Å². The van der Waals surface area contributed by atoms with Crippen LogP contribution in [0.15, 0.2) is 29.2 Å². The Labute approximate surface area is 147 Å². The minimum atomic E-state index is -3.75. The molecular formula is C16H22ClN3O3S. The number of hydrogen-bond acceptors (Lipinski definition) is 4. The Kier molecular flexibility index (Phi) is 5.15. The van der Waals surface area contributed by atoms with Gasteiger partial charge in [0.15, 0.2) is 0 Å². The fourth-order valence-corrected chi connectivity index (χ4v) is 4.70. The van der Waals surface area contributed by atoms with Gasteiger partial charge in [0.1, 0.15) is 0 Å². The van der Waals surface area contributed by atoms with Crippen molar-refractivity contribution in [3.05, 3.63) is 29.3 Å². The van der Waals surface area contributed by atoms with Crippen LogP contribution in [0.25, 0.3) is 0 Å². The van der Waals surface area contributed by atoms with E-state index in [9.17, 15) is 13.2 Å². The molecule has 3 atom stereocenters. The number of carbonyl (C=O) groups excluding carboxylic acids is 1. The molecule has 1 aromatic carbocycles. The Bertz CT molecular complexity index is 708. The molecule has 0 radical (unpaired) electrons. The van der Waals surface area contributed by atoms with Gasteiger partial charge in [-0.2, -0.15) is 4.72 Å². The average Bonchev–Trinajstić information content (AvgIpc) is 2.86. The molecule has 2 fully saturated rings. The van der Waals surface area contributed by atoms with Crippen molar-refractivity contribution in [3.63, 3.8) is 0 Å². The number of fused-ring (bicyclic) bond motifs is 2. The summed E-state index contributed by atoms with van der Waals surface area (Å²) in [6, 6.07) is 5.88. The van der Waals surface area contributed by atoms with Crippen LogP contribution in [0.2, 0.25) is 5.02 Å². The summed E-state index contributed by atoms with van der Waals surface area (Å²) in [5, 5.41) is 3.97. The van der Waals surface area contributed by atoms with Gasteiger partial charge in [-0.1, -0.05) is 11.6 Å². The van der Waals surface area contributed by atoms with Crippen LogP contribution < -0.4 is 10.0 Å². The third kappa shape index (κ3) is 3.91. The van der Waals surface area contributed by atoms with Crippen molar-refractivity contribution in [3.8, 4) is 0 Å². The fourth-order valence-electron chi connectivity index (χ4n) is 3.38. The maximum absolute atomic E-state index is 12.6. The molecule has 0 aromatic heterocycles. The molecule has 2 heterocycles. The molecule has 1 amide bonds. The summed E-state index contributed by atoms with van der Waals surface area (Å²) in [5.74, 6) is -0.179. The quantitative estimate of drug-likeness (QED) is 0.837. The zero-order valence-corrected chi connectivity index (χ0v) is 15.1. The molecule has 3 unspecified atom stereocenters. The van der Waals surface area contributed by atoms with Crippen molar-refractivity contribution in [2.45, 2.75) is 49.2 Å². The first kappa shape index (κ1) is 17.7. The Hall–Kier alpha value is -1.15. The second-order valence-corrected chi connectivity index (χ2v) is 8.66. The van der Waals surface area contributed by atoms with Gasteiger partial charge in [-0.15, -0.1) is 0 Å². The minimum Gasteiger partial charge on any atom is -0.340 e. The van der Waals surface area contributed by atoms with Crippen LogP contribution in [-0.4, -0.2) is 50.4 Å². The lowest BCUT2D eigenvalue weighted by atomic mass is 10.1. The highest BCUT2D eigenvalue weighted by atomic mass is 35.5. The second-order valence-electron chi connectivity index (χ2n) is 6.51. The van der Waals surface area contributed by atoms with Crippen LogP contribution in [0.5, 0.6) is 0 Å². The molecule has 8 heteroatoms. The number of nitrogens with one attached hydrogen (secondary N) is 2. The van der Waals surface area contributed by atoms with E-state index >= 15 is 0 Å². The van der Waals surface area contributed by atoms with Gasteiger partial charge in [-0.3, -0.25) is 4.79 Å². The Morgan fingerprint density at radius 1 is 1.25 bits per heavy atom. The van der Waals surface area contributed by atoms with E-state index in [0.717, 1.165) is 19.3 Å². The molecule has 2 bridgehead atoms. The number of amides is 1. The van der Waals surface area contributed by atoms with Gasteiger partial charge < -0.3 is 10.2 Å². The molecule has 0 saturated carbocycles. The van der Waals surface area contributed by atoms with Crippen LogP contribution >= 0.6 is 11.6 Å². The predicted octanol–water partition coefficient (Wildman–Crippen LogP) is 1.36. The van der Waals surface area contributed by atoms with E-state index < -0.39 is 16.1 Å². The van der Waals surface area contributed by atoms with Crippen molar-refractivity contribution in [1.82, 2.24) is 14.9 Å². The molecule has 1 aromatic rings. The number of sulfonamides is 1. The summed E-state index contributed by atoms with van der Waals surface area (Å²) in [5.41, 5.74) is 0. The van der Waals surface area contributed by atoms with Gasteiger partial charge in [0, 0.05) is 30.2 Å². The van der Waals surface area contributed by atoms with E-state index in [1.165, 1.54) is 24.3 Å². The fraction of sp³-hybridized carbons (Fsp3) is 0.562. The summed E-state index contributed by atoms with van der Waals surface area (Å²) >= 11 is 5.78. The standard InChI is InChI=1S/C16H22ClN3O3S/c1-11(19-24(22,23)15-6-2-12(17)3-7-15)16(21)20-9-8-13-4-5-14(10-20)18-13/h2-3,6-7,11,13-14,18-19H,4-5,8-10H2,1H3. The minimum absolute atomic E-state index is 0.100. The molecule has 2 N–H and O–H groups in total. The third-order valence-corrected chi connectivity index (χ3v) is 6.47. The molecule has 6 nitrogen and oxygen atoms in total. The molecule has 132 valence electrons. The highest BCUT2D eigenvalue weighted by Crippen LogP contribution is 2.21. The largest absolute Gasteiger partial charge is 0.340 e. The van der Waals surface area contributed by atoms with Crippen LogP contribution in [0.1, 0.15) is 26.2 Å². The zero-order chi connectivity index (χ0) is 17.3. The van der Waals surface area contributed by atoms with Crippen molar-refractivity contribution in [2.24, 2.45) is 0 Å². The first-order chi connectivity index (χ1) is 11.3. The molecule has 3 rings (SSSR count). The van der Waals surface area contributed by atoms with Crippen molar-refractivity contribution in [2.75, 3.05) is 13.1 Å². The first-order valence-corrected chi connectivity index (χ1v) is 10.0. The number of likely N-dealkylation sites (tertiary alicyclic amines) is 1. The van der Waals surface area contributed by atoms with Crippen molar-refractivity contribution < 1.29 is 13.2 Å². The van der Waals surface area contributed by atoms with Crippen LogP contribution in [0, 0.1) is 0 Å². The van der Waals surface area contributed by atoms with Gasteiger partial charge in [0.25, 0.3) is 0 Å². The van der Waals surface area contributed by atoms with Gasteiger partial charge in [0.05, 0.1) is 10.9 Å². The van der Waals surface area contributed by atoms with E-state index in [1.54, 1.807) is 11.8 Å². The molecule has 2 aliphatic heterocycles. The number of rotatable bonds is 4. The highest BCUT2D eigenvalue weighted by molar-refractivity contribution is 7.89. The maximum atomic E-state index is 12.6. The summed E-state index contributed by atoms with van der Waals surface area (Å²) in [7, 11) is -3.75. The lowest BCUT2D eigenvalue weighted by Crippen LogP contribution is -2.49. The summed E-state index contributed by atoms with van der Waals surface area (Å²) in [6.07, 6.45) is 3.14. The van der Waals surface area contributed by atoms with Crippen LogP contribution in [-0.2, 0) is 14.8 Å². The Morgan fingerprint density at radius 2 is 1.92 bits per heavy atom. The lowest BCUT2D eigenvalue weighted by Gasteiger charge is -2.27. The lowest BCUT2D eigenvalue weighted by molar-refractivity contribution is -0.132. The smallest absolute Gasteiger partial charge is 0.241 e. The molecular weight excluding hydrogens is 350 g/mol. The number of nitrogens with zero attached hydrogens (tertiary/aromatic N) is 1. The zero-order valence-electron chi connectivity index (χ0n) is 13.5. The van der Waals surface area contributed by atoms with E-state index in [1.807, 2.05) is 0 Å². The topological polar surface area (TPSA) is 78.5 Å². The summed E-state index contributed by atoms with van der Waals surface area (Å²) < 4.78 is 27.3. The molecule has 24 heavy (non-hydrogen) atoms. The molecule has 0 aliphatic carbocycles. The molecule has 0 spiro atoms. The van der Waals surface area contributed by atoms with Gasteiger partial charge in [0.2, 0.25) is 15.9 Å². The number of hydrogen-bond donors (Lipinski definition) is 2. The SMILES string of the molecule is CC(NS(=O)(=O)c1ccc(Cl)cc1)C(=O)N1CCC2CCC(C1)N2.